The lowest BCUT2D eigenvalue weighted by atomic mass is 9.87. The van der Waals surface area contributed by atoms with Crippen molar-refractivity contribution in [1.29, 1.82) is 0 Å². The fourth-order valence-corrected chi connectivity index (χ4v) is 2.95. The Morgan fingerprint density at radius 3 is 2.62 bits per heavy atom. The Labute approximate surface area is 128 Å². The van der Waals surface area contributed by atoms with Crippen molar-refractivity contribution in [3.63, 3.8) is 0 Å². The Morgan fingerprint density at radius 2 is 2.00 bits per heavy atom. The molecule has 5 nitrogen and oxygen atoms in total. The molecule has 0 radical (unpaired) electrons. The summed E-state index contributed by atoms with van der Waals surface area (Å²) in [6.45, 7) is 5.72. The second kappa shape index (κ2) is 7.59. The molecule has 21 heavy (non-hydrogen) atoms. The molecular formula is C16H28N4O. The number of nitrogens with zero attached hydrogens (tertiary/aromatic N) is 3. The topological polar surface area (TPSA) is 50.3 Å². The van der Waals surface area contributed by atoms with Crippen molar-refractivity contribution in [2.75, 3.05) is 30.9 Å². The zero-order chi connectivity index (χ0) is 15.2. The Hall–Kier alpha value is -1.36. The number of aromatic nitrogens is 2. The molecule has 5 heteroatoms. The number of methoxy groups -OCH3 is 1. The van der Waals surface area contributed by atoms with E-state index in [1.165, 1.54) is 25.7 Å². The van der Waals surface area contributed by atoms with Gasteiger partial charge in [-0.1, -0.05) is 6.92 Å². The molecule has 1 fully saturated rings. The second-order valence-corrected chi connectivity index (χ2v) is 6.02. The quantitative estimate of drug-likeness (QED) is 0.873. The zero-order valence-corrected chi connectivity index (χ0v) is 13.7. The van der Waals surface area contributed by atoms with Gasteiger partial charge in [-0.2, -0.15) is 0 Å². The molecular weight excluding hydrogens is 264 g/mol. The highest BCUT2D eigenvalue weighted by molar-refractivity contribution is 5.49. The summed E-state index contributed by atoms with van der Waals surface area (Å²) < 4.78 is 5.18. The first kappa shape index (κ1) is 16.0. The number of hydrogen-bond donors (Lipinski definition) is 1. The zero-order valence-electron chi connectivity index (χ0n) is 13.7. The van der Waals surface area contributed by atoms with Crippen LogP contribution in [0.2, 0.25) is 0 Å². The van der Waals surface area contributed by atoms with Crippen LogP contribution in [0.3, 0.4) is 0 Å². The molecule has 0 amide bonds. The molecule has 1 aromatic heterocycles. The van der Waals surface area contributed by atoms with E-state index in [1.54, 1.807) is 7.11 Å². The van der Waals surface area contributed by atoms with E-state index in [0.29, 0.717) is 12.6 Å². The summed E-state index contributed by atoms with van der Waals surface area (Å²) in [7, 11) is 3.82. The molecule has 1 aliphatic carbocycles. The predicted octanol–water partition coefficient (Wildman–Crippen LogP) is 3.07. The van der Waals surface area contributed by atoms with Gasteiger partial charge in [0.05, 0.1) is 0 Å². The van der Waals surface area contributed by atoms with E-state index in [2.05, 4.69) is 41.1 Å². The molecule has 1 heterocycles. The van der Waals surface area contributed by atoms with Gasteiger partial charge in [0.25, 0.3) is 0 Å². The second-order valence-electron chi connectivity index (χ2n) is 6.02. The highest BCUT2D eigenvalue weighted by Gasteiger charge is 2.23. The standard InChI is InChI=1S/C16H28N4O/c1-5-17-14-10-16(19-15(18-14)11-21-4)20(3)13-8-6-12(2)7-9-13/h10,12-13H,5-9,11H2,1-4H3,(H,17,18,19). The smallest absolute Gasteiger partial charge is 0.158 e. The molecule has 0 bridgehead atoms. The van der Waals surface area contributed by atoms with Gasteiger partial charge in [-0.05, 0) is 38.5 Å². The number of rotatable bonds is 6. The fourth-order valence-electron chi connectivity index (χ4n) is 2.95. The van der Waals surface area contributed by atoms with Gasteiger partial charge in [0.15, 0.2) is 5.82 Å². The highest BCUT2D eigenvalue weighted by Crippen LogP contribution is 2.29. The third-order valence-electron chi connectivity index (χ3n) is 4.28. The van der Waals surface area contributed by atoms with Crippen LogP contribution in [0, 0.1) is 5.92 Å². The molecule has 0 aromatic carbocycles. The maximum Gasteiger partial charge on any atom is 0.158 e. The summed E-state index contributed by atoms with van der Waals surface area (Å²) in [5, 5.41) is 3.28. The van der Waals surface area contributed by atoms with Crippen LogP contribution in [0.5, 0.6) is 0 Å². The molecule has 1 aliphatic rings. The summed E-state index contributed by atoms with van der Waals surface area (Å²) in [6, 6.07) is 2.63. The minimum absolute atomic E-state index is 0.446. The molecule has 1 N–H and O–H groups in total. The Balaban J connectivity index is 2.16. The first-order valence-corrected chi connectivity index (χ1v) is 7.97. The normalized spacial score (nSPS) is 22.1. The number of hydrogen-bond acceptors (Lipinski definition) is 5. The minimum atomic E-state index is 0.446. The summed E-state index contributed by atoms with van der Waals surface area (Å²) in [4.78, 5) is 11.4. The molecule has 0 spiro atoms. The number of nitrogens with one attached hydrogen (secondary N) is 1. The summed E-state index contributed by atoms with van der Waals surface area (Å²) in [6.07, 6.45) is 5.12. The van der Waals surface area contributed by atoms with Crippen LogP contribution in [-0.2, 0) is 11.3 Å². The van der Waals surface area contributed by atoms with E-state index in [-0.39, 0.29) is 0 Å². The Kier molecular flexibility index (Phi) is 5.79. The van der Waals surface area contributed by atoms with E-state index in [4.69, 9.17) is 4.74 Å². The van der Waals surface area contributed by atoms with Crippen molar-refractivity contribution in [2.45, 2.75) is 52.2 Å². The molecule has 118 valence electrons. The van der Waals surface area contributed by atoms with Gasteiger partial charge in [-0.3, -0.25) is 0 Å². The van der Waals surface area contributed by atoms with E-state index in [0.717, 1.165) is 29.9 Å². The SMILES string of the molecule is CCNc1cc(N(C)C2CCC(C)CC2)nc(COC)n1. The van der Waals surface area contributed by atoms with E-state index in [1.807, 2.05) is 6.07 Å². The van der Waals surface area contributed by atoms with Crippen LogP contribution in [0.25, 0.3) is 0 Å². The van der Waals surface area contributed by atoms with Crippen molar-refractivity contribution < 1.29 is 4.74 Å². The third-order valence-corrected chi connectivity index (χ3v) is 4.28. The molecule has 0 aliphatic heterocycles. The van der Waals surface area contributed by atoms with Crippen LogP contribution in [-0.4, -0.2) is 36.7 Å². The maximum absolute atomic E-state index is 5.18. The average Bonchev–Trinajstić information content (AvgIpc) is 2.48. The van der Waals surface area contributed by atoms with Gasteiger partial charge >= 0.3 is 0 Å². The molecule has 0 unspecified atom stereocenters. The van der Waals surface area contributed by atoms with Gasteiger partial charge in [0.2, 0.25) is 0 Å². The van der Waals surface area contributed by atoms with Crippen LogP contribution in [0.4, 0.5) is 11.6 Å². The van der Waals surface area contributed by atoms with E-state index < -0.39 is 0 Å². The molecule has 1 saturated carbocycles. The van der Waals surface area contributed by atoms with Crippen molar-refractivity contribution in [3.05, 3.63) is 11.9 Å². The van der Waals surface area contributed by atoms with Gasteiger partial charge < -0.3 is 15.0 Å². The largest absolute Gasteiger partial charge is 0.377 e. The van der Waals surface area contributed by atoms with Crippen LogP contribution in [0.15, 0.2) is 6.07 Å². The molecule has 0 atom stereocenters. The van der Waals surface area contributed by atoms with Crippen LogP contribution < -0.4 is 10.2 Å². The fraction of sp³-hybridized carbons (Fsp3) is 0.750. The van der Waals surface area contributed by atoms with Gasteiger partial charge in [0, 0.05) is 32.8 Å². The number of anilines is 2. The van der Waals surface area contributed by atoms with E-state index >= 15 is 0 Å². The maximum atomic E-state index is 5.18. The molecule has 2 rings (SSSR count). The first-order valence-electron chi connectivity index (χ1n) is 7.97. The van der Waals surface area contributed by atoms with Crippen molar-refractivity contribution in [2.24, 2.45) is 5.92 Å². The predicted molar refractivity (Wildman–Crippen MR) is 86.7 cm³/mol. The molecule has 1 aromatic rings. The van der Waals surface area contributed by atoms with Gasteiger partial charge in [-0.15, -0.1) is 0 Å². The van der Waals surface area contributed by atoms with E-state index in [9.17, 15) is 0 Å². The van der Waals surface area contributed by atoms with Crippen molar-refractivity contribution in [3.8, 4) is 0 Å². The Bertz CT molecular complexity index is 420. The summed E-state index contributed by atoms with van der Waals surface area (Å²) in [5.41, 5.74) is 0. The average molecular weight is 292 g/mol. The lowest BCUT2D eigenvalue weighted by Crippen LogP contribution is -2.35. The van der Waals surface area contributed by atoms with Crippen LogP contribution in [0.1, 0.15) is 45.4 Å². The molecule has 0 saturated heterocycles. The van der Waals surface area contributed by atoms with Crippen molar-refractivity contribution in [1.82, 2.24) is 9.97 Å². The van der Waals surface area contributed by atoms with Gasteiger partial charge in [-0.25, -0.2) is 9.97 Å². The minimum Gasteiger partial charge on any atom is -0.377 e. The summed E-state index contributed by atoms with van der Waals surface area (Å²) >= 11 is 0. The third kappa shape index (κ3) is 4.30. The highest BCUT2D eigenvalue weighted by atomic mass is 16.5. The van der Waals surface area contributed by atoms with Crippen LogP contribution >= 0.6 is 0 Å². The summed E-state index contributed by atoms with van der Waals surface area (Å²) in [5.74, 6) is 3.47. The van der Waals surface area contributed by atoms with Crippen molar-refractivity contribution >= 4 is 11.6 Å². The Morgan fingerprint density at radius 1 is 1.29 bits per heavy atom. The first-order chi connectivity index (χ1) is 10.1. The van der Waals surface area contributed by atoms with Gasteiger partial charge in [0.1, 0.15) is 18.2 Å². The number of ether oxygens (including phenoxy) is 1. The lowest BCUT2D eigenvalue weighted by molar-refractivity contribution is 0.178. The monoisotopic (exact) mass is 292 g/mol. The lowest BCUT2D eigenvalue weighted by Gasteiger charge is -2.34.